The maximum atomic E-state index is 9.07. The van der Waals surface area contributed by atoms with Crippen LogP contribution in [0, 0.1) is 5.41 Å². The molecule has 0 aromatic rings. The molecular formula is C9H18O2S. The Labute approximate surface area is 80.7 Å². The Morgan fingerprint density at radius 2 is 2.00 bits per heavy atom. The average molecular weight is 190 g/mol. The summed E-state index contributed by atoms with van der Waals surface area (Å²) in [6, 6.07) is 0. The van der Waals surface area contributed by atoms with E-state index < -0.39 is 0 Å². The quantitative estimate of drug-likeness (QED) is 0.642. The summed E-state index contributed by atoms with van der Waals surface area (Å²) in [7, 11) is 0. The van der Waals surface area contributed by atoms with E-state index in [0.717, 1.165) is 19.3 Å². The average Bonchev–Trinajstić information content (AvgIpc) is 2.04. The van der Waals surface area contributed by atoms with Gasteiger partial charge in [-0.3, -0.25) is 0 Å². The van der Waals surface area contributed by atoms with Gasteiger partial charge in [0.15, 0.2) is 0 Å². The molecule has 0 saturated heterocycles. The van der Waals surface area contributed by atoms with Crippen molar-refractivity contribution in [3.63, 3.8) is 0 Å². The number of rotatable bonds is 2. The highest BCUT2D eigenvalue weighted by Gasteiger charge is 2.30. The van der Waals surface area contributed by atoms with Gasteiger partial charge in [-0.25, -0.2) is 0 Å². The number of hydrogen-bond donors (Lipinski definition) is 2. The molecule has 1 rings (SSSR count). The highest BCUT2D eigenvalue weighted by molar-refractivity contribution is 7.59. The molecule has 0 aliphatic heterocycles. The van der Waals surface area contributed by atoms with Crippen LogP contribution in [0.2, 0.25) is 0 Å². The number of aliphatic hydroxyl groups is 2. The van der Waals surface area contributed by atoms with Gasteiger partial charge in [0.2, 0.25) is 0 Å². The molecule has 12 heavy (non-hydrogen) atoms. The van der Waals surface area contributed by atoms with Crippen molar-refractivity contribution in [2.45, 2.75) is 26.2 Å². The summed E-state index contributed by atoms with van der Waals surface area (Å²) in [5.74, 6) is 0. The molecule has 0 heterocycles. The van der Waals surface area contributed by atoms with E-state index in [1.54, 1.807) is 0 Å². The second-order valence-electron chi connectivity index (χ2n) is 3.58. The summed E-state index contributed by atoms with van der Waals surface area (Å²) >= 11 is 0. The van der Waals surface area contributed by atoms with Crippen LogP contribution in [0.25, 0.3) is 0 Å². The number of allylic oxidation sites excluding steroid dienone is 2. The highest BCUT2D eigenvalue weighted by Crippen LogP contribution is 2.34. The molecule has 0 fully saturated rings. The van der Waals surface area contributed by atoms with E-state index in [4.69, 9.17) is 10.2 Å². The Balaban J connectivity index is 0.00000121. The predicted octanol–water partition coefficient (Wildman–Crippen LogP) is 1.20. The SMILES string of the molecule is CC1=CCCC(CO)(CO)C1.S. The van der Waals surface area contributed by atoms with Crippen molar-refractivity contribution >= 4 is 13.5 Å². The molecule has 72 valence electrons. The third-order valence-electron chi connectivity index (χ3n) is 2.49. The number of hydrogen-bond acceptors (Lipinski definition) is 2. The van der Waals surface area contributed by atoms with Crippen LogP contribution in [0.5, 0.6) is 0 Å². The molecular weight excluding hydrogens is 172 g/mol. The second kappa shape index (κ2) is 4.90. The molecule has 1 aliphatic rings. The Kier molecular flexibility index (Phi) is 4.90. The minimum absolute atomic E-state index is 0. The van der Waals surface area contributed by atoms with Gasteiger partial charge >= 0.3 is 0 Å². The van der Waals surface area contributed by atoms with Crippen molar-refractivity contribution in [2.24, 2.45) is 5.41 Å². The van der Waals surface area contributed by atoms with Crippen LogP contribution in [0.1, 0.15) is 26.2 Å². The van der Waals surface area contributed by atoms with Crippen LogP contribution in [-0.4, -0.2) is 23.4 Å². The minimum atomic E-state index is -0.223. The fourth-order valence-corrected chi connectivity index (χ4v) is 1.70. The molecule has 0 unspecified atom stereocenters. The van der Waals surface area contributed by atoms with E-state index in [0.29, 0.717) is 0 Å². The van der Waals surface area contributed by atoms with Crippen molar-refractivity contribution in [1.82, 2.24) is 0 Å². The molecule has 2 N–H and O–H groups in total. The first-order chi connectivity index (χ1) is 5.22. The molecule has 0 bridgehead atoms. The zero-order valence-electron chi connectivity index (χ0n) is 7.51. The predicted molar refractivity (Wildman–Crippen MR) is 54.6 cm³/mol. The van der Waals surface area contributed by atoms with Crippen molar-refractivity contribution < 1.29 is 10.2 Å². The van der Waals surface area contributed by atoms with E-state index in [9.17, 15) is 0 Å². The van der Waals surface area contributed by atoms with Gasteiger partial charge < -0.3 is 10.2 Å². The lowest BCUT2D eigenvalue weighted by atomic mass is 9.76. The molecule has 0 radical (unpaired) electrons. The summed E-state index contributed by atoms with van der Waals surface area (Å²) in [6.07, 6.45) is 4.94. The zero-order valence-corrected chi connectivity index (χ0v) is 8.51. The lowest BCUT2D eigenvalue weighted by molar-refractivity contribution is 0.0443. The standard InChI is InChI=1S/C9H16O2.H2S/c1-8-3-2-4-9(5-8,6-10)7-11;/h3,10-11H,2,4-7H2,1H3;1H2. The Hall–Kier alpha value is 0.0100. The zero-order chi connectivity index (χ0) is 8.32. The van der Waals surface area contributed by atoms with Gasteiger partial charge in [0, 0.05) is 5.41 Å². The third kappa shape index (κ3) is 2.51. The van der Waals surface area contributed by atoms with Gasteiger partial charge in [-0.2, -0.15) is 13.5 Å². The third-order valence-corrected chi connectivity index (χ3v) is 2.49. The van der Waals surface area contributed by atoms with Crippen molar-refractivity contribution in [3.05, 3.63) is 11.6 Å². The van der Waals surface area contributed by atoms with Crippen LogP contribution < -0.4 is 0 Å². The van der Waals surface area contributed by atoms with Crippen molar-refractivity contribution in [3.8, 4) is 0 Å². The summed E-state index contributed by atoms with van der Waals surface area (Å²) in [5.41, 5.74) is 1.07. The maximum Gasteiger partial charge on any atom is 0.0512 e. The first kappa shape index (κ1) is 12.0. The Morgan fingerprint density at radius 1 is 1.42 bits per heavy atom. The first-order valence-corrected chi connectivity index (χ1v) is 4.10. The van der Waals surface area contributed by atoms with E-state index in [-0.39, 0.29) is 32.1 Å². The van der Waals surface area contributed by atoms with Gasteiger partial charge in [-0.05, 0) is 26.2 Å². The molecule has 3 heteroatoms. The minimum Gasteiger partial charge on any atom is -0.396 e. The lowest BCUT2D eigenvalue weighted by Crippen LogP contribution is -2.31. The van der Waals surface area contributed by atoms with Crippen LogP contribution in [0.4, 0.5) is 0 Å². The Bertz CT molecular complexity index is 162. The van der Waals surface area contributed by atoms with E-state index in [1.165, 1.54) is 5.57 Å². The van der Waals surface area contributed by atoms with Gasteiger partial charge in [0.1, 0.15) is 0 Å². The smallest absolute Gasteiger partial charge is 0.0512 e. The molecule has 0 spiro atoms. The second-order valence-corrected chi connectivity index (χ2v) is 3.58. The molecule has 0 saturated carbocycles. The molecule has 0 aromatic heterocycles. The first-order valence-electron chi connectivity index (χ1n) is 4.10. The Morgan fingerprint density at radius 3 is 2.33 bits per heavy atom. The van der Waals surface area contributed by atoms with Crippen LogP contribution >= 0.6 is 13.5 Å². The van der Waals surface area contributed by atoms with Crippen LogP contribution in [0.15, 0.2) is 11.6 Å². The normalized spacial score (nSPS) is 21.1. The van der Waals surface area contributed by atoms with Crippen molar-refractivity contribution in [2.75, 3.05) is 13.2 Å². The highest BCUT2D eigenvalue weighted by atomic mass is 32.1. The fourth-order valence-electron chi connectivity index (χ4n) is 1.70. The van der Waals surface area contributed by atoms with E-state index in [2.05, 4.69) is 13.0 Å². The van der Waals surface area contributed by atoms with Crippen molar-refractivity contribution in [1.29, 1.82) is 0 Å². The molecule has 0 atom stereocenters. The number of aliphatic hydroxyl groups excluding tert-OH is 2. The largest absolute Gasteiger partial charge is 0.396 e. The van der Waals surface area contributed by atoms with Gasteiger partial charge in [0.05, 0.1) is 13.2 Å². The van der Waals surface area contributed by atoms with Gasteiger partial charge in [-0.1, -0.05) is 11.6 Å². The molecule has 1 aliphatic carbocycles. The molecule has 0 amide bonds. The summed E-state index contributed by atoms with van der Waals surface area (Å²) < 4.78 is 0. The monoisotopic (exact) mass is 190 g/mol. The fraction of sp³-hybridized carbons (Fsp3) is 0.778. The van der Waals surface area contributed by atoms with Gasteiger partial charge in [0.25, 0.3) is 0 Å². The van der Waals surface area contributed by atoms with E-state index >= 15 is 0 Å². The maximum absolute atomic E-state index is 9.07. The summed E-state index contributed by atoms with van der Waals surface area (Å²) in [6.45, 7) is 2.27. The molecule has 0 aromatic carbocycles. The lowest BCUT2D eigenvalue weighted by Gasteiger charge is -2.32. The summed E-state index contributed by atoms with van der Waals surface area (Å²) in [4.78, 5) is 0. The molecule has 2 nitrogen and oxygen atoms in total. The summed E-state index contributed by atoms with van der Waals surface area (Å²) in [5, 5.41) is 18.1. The van der Waals surface area contributed by atoms with Crippen LogP contribution in [-0.2, 0) is 0 Å². The van der Waals surface area contributed by atoms with E-state index in [1.807, 2.05) is 0 Å². The van der Waals surface area contributed by atoms with Gasteiger partial charge in [-0.15, -0.1) is 0 Å². The topological polar surface area (TPSA) is 40.5 Å². The van der Waals surface area contributed by atoms with Crippen LogP contribution in [0.3, 0.4) is 0 Å².